The van der Waals surface area contributed by atoms with E-state index in [0.717, 1.165) is 32.5 Å². The summed E-state index contributed by atoms with van der Waals surface area (Å²) in [6.07, 6.45) is 2.42. The topological polar surface area (TPSA) is 59.0 Å². The molecule has 2 saturated heterocycles. The molecule has 0 amide bonds. The van der Waals surface area contributed by atoms with Crippen LogP contribution in [0.1, 0.15) is 40.0 Å². The fraction of sp³-hybridized carbons (Fsp3) is 1.00. The minimum Gasteiger partial charge on any atom is -0.353 e. The monoisotopic (exact) mass is 271 g/mol. The number of hydrogen-bond acceptors (Lipinski definition) is 5. The van der Waals surface area contributed by atoms with Crippen LogP contribution in [0.5, 0.6) is 0 Å². The molecule has 1 atom stereocenters. The lowest BCUT2D eigenvalue weighted by Crippen LogP contribution is -2.60. The van der Waals surface area contributed by atoms with Crippen molar-refractivity contribution in [3.63, 3.8) is 0 Å². The Morgan fingerprint density at radius 2 is 1.84 bits per heavy atom. The average Bonchev–Trinajstić information content (AvgIpc) is 2.47. The lowest BCUT2D eigenvalue weighted by molar-refractivity contribution is -0.286. The molecule has 2 aliphatic heterocycles. The molecule has 3 N–H and O–H groups in total. The third-order valence-electron chi connectivity index (χ3n) is 4.59. The van der Waals surface area contributed by atoms with Gasteiger partial charge in [0.1, 0.15) is 0 Å². The Labute approximate surface area is 116 Å². The van der Waals surface area contributed by atoms with E-state index in [2.05, 4.69) is 31.0 Å². The predicted octanol–water partition coefficient (Wildman–Crippen LogP) is 0.181. The molecule has 0 saturated carbocycles. The van der Waals surface area contributed by atoms with Crippen LogP contribution in [0.2, 0.25) is 0 Å². The van der Waals surface area contributed by atoms with Crippen LogP contribution in [-0.4, -0.2) is 70.2 Å². The van der Waals surface area contributed by atoms with Crippen molar-refractivity contribution < 1.29 is 10.2 Å². The highest BCUT2D eigenvalue weighted by Gasteiger charge is 2.42. The fourth-order valence-electron chi connectivity index (χ4n) is 3.48. The van der Waals surface area contributed by atoms with E-state index in [4.69, 9.17) is 0 Å². The SMILES string of the molecule is CC(C)N1CCC(N2C(C)CNCCC2(O)O)CC1. The molecule has 2 fully saturated rings. The fourth-order valence-corrected chi connectivity index (χ4v) is 3.48. The standard InChI is InChI=1S/C14H29N3O2/c1-11(2)16-8-4-13(5-9-16)17-12(3)10-15-7-6-14(17,18)19/h11-13,15,18-19H,4-10H2,1-3H3. The van der Waals surface area contributed by atoms with Gasteiger partial charge in [-0.2, -0.15) is 0 Å². The molecular weight excluding hydrogens is 242 g/mol. The van der Waals surface area contributed by atoms with Crippen LogP contribution in [0.15, 0.2) is 0 Å². The summed E-state index contributed by atoms with van der Waals surface area (Å²) in [5, 5.41) is 24.0. The predicted molar refractivity (Wildman–Crippen MR) is 75.7 cm³/mol. The summed E-state index contributed by atoms with van der Waals surface area (Å²) >= 11 is 0. The maximum atomic E-state index is 10.3. The first-order valence-corrected chi connectivity index (χ1v) is 7.60. The molecular formula is C14H29N3O2. The van der Waals surface area contributed by atoms with Crippen LogP contribution in [0.4, 0.5) is 0 Å². The van der Waals surface area contributed by atoms with E-state index in [1.165, 1.54) is 0 Å². The minimum absolute atomic E-state index is 0.160. The summed E-state index contributed by atoms with van der Waals surface area (Å²) in [4.78, 5) is 4.40. The Balaban J connectivity index is 2.03. The lowest BCUT2D eigenvalue weighted by Gasteiger charge is -2.46. The maximum absolute atomic E-state index is 10.3. The average molecular weight is 271 g/mol. The smallest absolute Gasteiger partial charge is 0.226 e. The Morgan fingerprint density at radius 3 is 2.42 bits per heavy atom. The molecule has 0 aromatic carbocycles. The zero-order valence-corrected chi connectivity index (χ0v) is 12.5. The van der Waals surface area contributed by atoms with Crippen molar-refractivity contribution in [2.45, 2.75) is 64.1 Å². The third kappa shape index (κ3) is 3.47. The van der Waals surface area contributed by atoms with Gasteiger partial charge in [0.15, 0.2) is 0 Å². The van der Waals surface area contributed by atoms with Crippen LogP contribution < -0.4 is 5.32 Å². The van der Waals surface area contributed by atoms with Gasteiger partial charge in [-0.25, -0.2) is 4.90 Å². The highest BCUT2D eigenvalue weighted by molar-refractivity contribution is 4.89. The van der Waals surface area contributed by atoms with Gasteiger partial charge in [0.05, 0.1) is 0 Å². The zero-order valence-electron chi connectivity index (χ0n) is 12.5. The van der Waals surface area contributed by atoms with Crippen molar-refractivity contribution in [2.75, 3.05) is 26.2 Å². The molecule has 2 heterocycles. The molecule has 0 radical (unpaired) electrons. The summed E-state index contributed by atoms with van der Waals surface area (Å²) in [5.41, 5.74) is 0. The first-order chi connectivity index (χ1) is 8.92. The second-order valence-corrected chi connectivity index (χ2v) is 6.35. The van der Waals surface area contributed by atoms with Crippen molar-refractivity contribution >= 4 is 0 Å². The first-order valence-electron chi connectivity index (χ1n) is 7.60. The van der Waals surface area contributed by atoms with Crippen molar-refractivity contribution in [1.82, 2.24) is 15.1 Å². The highest BCUT2D eigenvalue weighted by Crippen LogP contribution is 2.28. The highest BCUT2D eigenvalue weighted by atomic mass is 16.5. The molecule has 0 aromatic rings. The molecule has 2 aliphatic rings. The number of hydrogen-bond donors (Lipinski definition) is 3. The van der Waals surface area contributed by atoms with Crippen LogP contribution in [-0.2, 0) is 0 Å². The quantitative estimate of drug-likeness (QED) is 0.626. The molecule has 5 heteroatoms. The zero-order chi connectivity index (χ0) is 14.0. The van der Waals surface area contributed by atoms with E-state index < -0.39 is 5.91 Å². The van der Waals surface area contributed by atoms with Gasteiger partial charge in [-0.3, -0.25) is 0 Å². The maximum Gasteiger partial charge on any atom is 0.226 e. The van der Waals surface area contributed by atoms with Crippen molar-refractivity contribution in [3.05, 3.63) is 0 Å². The number of nitrogens with zero attached hydrogens (tertiary/aromatic N) is 2. The van der Waals surface area contributed by atoms with Crippen LogP contribution >= 0.6 is 0 Å². The van der Waals surface area contributed by atoms with E-state index in [9.17, 15) is 10.2 Å². The van der Waals surface area contributed by atoms with Crippen molar-refractivity contribution in [1.29, 1.82) is 0 Å². The summed E-state index contributed by atoms with van der Waals surface area (Å²) in [6.45, 7) is 10.1. The lowest BCUT2D eigenvalue weighted by atomic mass is 9.99. The van der Waals surface area contributed by atoms with E-state index in [-0.39, 0.29) is 12.1 Å². The minimum atomic E-state index is -1.66. The molecule has 2 rings (SSSR count). The Morgan fingerprint density at radius 1 is 1.21 bits per heavy atom. The van der Waals surface area contributed by atoms with Gasteiger partial charge in [0.2, 0.25) is 5.91 Å². The van der Waals surface area contributed by atoms with Gasteiger partial charge in [0, 0.05) is 37.6 Å². The van der Waals surface area contributed by atoms with Crippen molar-refractivity contribution in [2.24, 2.45) is 0 Å². The van der Waals surface area contributed by atoms with Gasteiger partial charge in [-0.1, -0.05) is 0 Å². The van der Waals surface area contributed by atoms with E-state index in [1.54, 1.807) is 0 Å². The molecule has 0 spiro atoms. The molecule has 19 heavy (non-hydrogen) atoms. The second-order valence-electron chi connectivity index (χ2n) is 6.35. The Hall–Kier alpha value is -0.200. The number of rotatable bonds is 2. The van der Waals surface area contributed by atoms with E-state index in [0.29, 0.717) is 19.0 Å². The molecule has 0 aromatic heterocycles. The van der Waals surface area contributed by atoms with Gasteiger partial charge in [-0.15, -0.1) is 0 Å². The van der Waals surface area contributed by atoms with Crippen LogP contribution in [0.25, 0.3) is 0 Å². The van der Waals surface area contributed by atoms with Crippen molar-refractivity contribution in [3.8, 4) is 0 Å². The molecule has 112 valence electrons. The Bertz CT molecular complexity index is 288. The van der Waals surface area contributed by atoms with Gasteiger partial charge < -0.3 is 20.4 Å². The number of nitrogens with one attached hydrogen (secondary N) is 1. The van der Waals surface area contributed by atoms with Gasteiger partial charge in [-0.05, 0) is 46.7 Å². The first kappa shape index (κ1) is 15.2. The molecule has 5 nitrogen and oxygen atoms in total. The summed E-state index contributed by atoms with van der Waals surface area (Å²) in [7, 11) is 0. The largest absolute Gasteiger partial charge is 0.353 e. The molecule has 0 bridgehead atoms. The van der Waals surface area contributed by atoms with Crippen LogP contribution in [0.3, 0.4) is 0 Å². The molecule has 0 aliphatic carbocycles. The van der Waals surface area contributed by atoms with Crippen LogP contribution in [0, 0.1) is 0 Å². The number of piperidine rings is 1. The number of aliphatic hydroxyl groups is 2. The summed E-state index contributed by atoms with van der Waals surface area (Å²) in [5.74, 6) is -1.66. The summed E-state index contributed by atoms with van der Waals surface area (Å²) < 4.78 is 0. The van der Waals surface area contributed by atoms with E-state index >= 15 is 0 Å². The summed E-state index contributed by atoms with van der Waals surface area (Å²) in [6, 6.07) is 1.02. The normalized spacial score (nSPS) is 31.6. The second kappa shape index (κ2) is 6.06. The number of likely N-dealkylation sites (tertiary alicyclic amines) is 1. The van der Waals surface area contributed by atoms with E-state index in [1.807, 2.05) is 4.90 Å². The third-order valence-corrected chi connectivity index (χ3v) is 4.59. The molecule has 1 unspecified atom stereocenters. The van der Waals surface area contributed by atoms with Gasteiger partial charge >= 0.3 is 0 Å². The Kier molecular flexibility index (Phi) is 4.84. The van der Waals surface area contributed by atoms with Gasteiger partial charge in [0.25, 0.3) is 0 Å².